The summed E-state index contributed by atoms with van der Waals surface area (Å²) >= 11 is 8.92. The molecular weight excluding hydrogens is 335 g/mol. The molecule has 1 aromatic heterocycles. The Morgan fingerprint density at radius 3 is 2.79 bits per heavy atom. The molecule has 0 atom stereocenters. The molecule has 0 aliphatic rings. The van der Waals surface area contributed by atoms with Gasteiger partial charge < -0.3 is 0 Å². The molecule has 2 aromatic rings. The number of aryl methyl sites for hydroxylation is 2. The van der Waals surface area contributed by atoms with E-state index in [1.165, 1.54) is 6.07 Å². The van der Waals surface area contributed by atoms with Crippen molar-refractivity contribution in [3.63, 3.8) is 0 Å². The van der Waals surface area contributed by atoms with Gasteiger partial charge in [-0.3, -0.25) is 9.48 Å². The second kappa shape index (κ2) is 5.43. The van der Waals surface area contributed by atoms with E-state index in [0.717, 1.165) is 0 Å². The van der Waals surface area contributed by atoms with Crippen LogP contribution in [0.1, 0.15) is 28.5 Å². The first kappa shape index (κ1) is 14.2. The Morgan fingerprint density at radius 2 is 2.16 bits per heavy atom. The van der Waals surface area contributed by atoms with Gasteiger partial charge in [0.2, 0.25) is 0 Å². The van der Waals surface area contributed by atoms with Crippen LogP contribution in [-0.4, -0.2) is 15.6 Å². The summed E-state index contributed by atoms with van der Waals surface area (Å²) in [6.45, 7) is 1.89. The summed E-state index contributed by atoms with van der Waals surface area (Å²) in [5, 5.41) is 4.09. The fourth-order valence-corrected chi connectivity index (χ4v) is 2.30. The summed E-state index contributed by atoms with van der Waals surface area (Å²) in [4.78, 5) is 12.4. The summed E-state index contributed by atoms with van der Waals surface area (Å²) < 4.78 is 16.0. The van der Waals surface area contributed by atoms with Crippen LogP contribution in [0.3, 0.4) is 0 Å². The molecule has 0 aliphatic carbocycles. The second-order valence-corrected chi connectivity index (χ2v) is 5.30. The maximum atomic E-state index is 14.0. The lowest BCUT2D eigenvalue weighted by atomic mass is 10.0. The number of nitrogens with zero attached hydrogens (tertiary/aromatic N) is 2. The van der Waals surface area contributed by atoms with Gasteiger partial charge in [-0.15, -0.1) is 0 Å². The quantitative estimate of drug-likeness (QED) is 0.627. The maximum Gasteiger partial charge on any atom is 0.199 e. The summed E-state index contributed by atoms with van der Waals surface area (Å²) in [6, 6.07) is 2.97. The predicted octanol–water partition coefficient (Wildman–Crippen LogP) is 3.77. The third kappa shape index (κ3) is 2.58. The fourth-order valence-electron chi connectivity index (χ4n) is 1.83. The van der Waals surface area contributed by atoms with Crippen LogP contribution in [0.4, 0.5) is 4.39 Å². The zero-order valence-corrected chi connectivity index (χ0v) is 12.7. The molecule has 0 saturated heterocycles. The smallest absolute Gasteiger partial charge is 0.199 e. The molecule has 2 rings (SSSR count). The Morgan fingerprint density at radius 1 is 1.47 bits per heavy atom. The normalized spacial score (nSPS) is 10.8. The number of hydrogen-bond donors (Lipinski definition) is 0. The molecule has 3 nitrogen and oxygen atoms in total. The molecule has 6 heteroatoms. The number of hydrogen-bond acceptors (Lipinski definition) is 2. The predicted molar refractivity (Wildman–Crippen MR) is 75.1 cm³/mol. The lowest BCUT2D eigenvalue weighted by Crippen LogP contribution is -2.06. The average Bonchev–Trinajstić information content (AvgIpc) is 2.77. The lowest BCUT2D eigenvalue weighted by Gasteiger charge is -2.05. The van der Waals surface area contributed by atoms with Crippen molar-refractivity contribution in [2.75, 3.05) is 0 Å². The van der Waals surface area contributed by atoms with Gasteiger partial charge in [-0.1, -0.05) is 18.5 Å². The van der Waals surface area contributed by atoms with Crippen LogP contribution in [0, 0.1) is 5.82 Å². The topological polar surface area (TPSA) is 34.9 Å². The van der Waals surface area contributed by atoms with Crippen LogP contribution >= 0.6 is 27.5 Å². The largest absolute Gasteiger partial charge is 0.288 e. The fraction of sp³-hybridized carbons (Fsp3) is 0.231. The van der Waals surface area contributed by atoms with E-state index >= 15 is 0 Å². The van der Waals surface area contributed by atoms with E-state index < -0.39 is 11.6 Å². The van der Waals surface area contributed by atoms with Crippen LogP contribution < -0.4 is 0 Å². The average molecular weight is 346 g/mol. The molecule has 0 unspecified atom stereocenters. The highest BCUT2D eigenvalue weighted by atomic mass is 79.9. The Kier molecular flexibility index (Phi) is 4.06. The number of rotatable bonds is 3. The van der Waals surface area contributed by atoms with Crippen LogP contribution in [-0.2, 0) is 13.5 Å². The van der Waals surface area contributed by atoms with Crippen molar-refractivity contribution in [1.82, 2.24) is 9.78 Å². The molecule has 19 heavy (non-hydrogen) atoms. The standard InChI is InChI=1S/C13H11BrClFN2O/c1-3-10-8(6-18(2)17-10)13(19)7-4-5-9(14)11(15)12(7)16/h4-6H,3H2,1-2H3. The first-order valence-corrected chi connectivity index (χ1v) is 6.83. The van der Waals surface area contributed by atoms with Gasteiger partial charge in [0.1, 0.15) is 0 Å². The van der Waals surface area contributed by atoms with Gasteiger partial charge in [0.25, 0.3) is 0 Å². The zero-order valence-electron chi connectivity index (χ0n) is 10.4. The van der Waals surface area contributed by atoms with E-state index in [4.69, 9.17) is 11.6 Å². The minimum atomic E-state index is -0.716. The van der Waals surface area contributed by atoms with E-state index in [1.54, 1.807) is 24.0 Å². The lowest BCUT2D eigenvalue weighted by molar-refractivity contribution is 0.103. The van der Waals surface area contributed by atoms with Crippen LogP contribution in [0.25, 0.3) is 0 Å². The number of carbonyl (C=O) groups is 1. The number of ketones is 1. The van der Waals surface area contributed by atoms with Crippen molar-refractivity contribution in [3.05, 3.63) is 50.5 Å². The molecule has 0 amide bonds. The van der Waals surface area contributed by atoms with Gasteiger partial charge >= 0.3 is 0 Å². The third-order valence-corrected chi connectivity index (χ3v) is 4.02. The molecule has 0 spiro atoms. The first-order chi connectivity index (χ1) is 8.95. The van der Waals surface area contributed by atoms with Crippen molar-refractivity contribution in [3.8, 4) is 0 Å². The van der Waals surface area contributed by atoms with E-state index in [0.29, 0.717) is 22.2 Å². The minimum Gasteiger partial charge on any atom is -0.288 e. The highest BCUT2D eigenvalue weighted by Gasteiger charge is 2.21. The van der Waals surface area contributed by atoms with Gasteiger partial charge in [0.05, 0.1) is 21.8 Å². The second-order valence-electron chi connectivity index (χ2n) is 4.07. The maximum absolute atomic E-state index is 14.0. The van der Waals surface area contributed by atoms with Gasteiger partial charge in [-0.05, 0) is 34.5 Å². The summed E-state index contributed by atoms with van der Waals surface area (Å²) in [5.74, 6) is -1.12. The number of benzene rings is 1. The number of carbonyl (C=O) groups excluding carboxylic acids is 1. The van der Waals surface area contributed by atoms with Gasteiger partial charge in [-0.25, -0.2) is 4.39 Å². The molecule has 0 saturated carbocycles. The molecule has 1 heterocycles. The molecule has 0 aliphatic heterocycles. The van der Waals surface area contributed by atoms with E-state index in [2.05, 4.69) is 21.0 Å². The van der Waals surface area contributed by atoms with Crippen molar-refractivity contribution in [2.45, 2.75) is 13.3 Å². The van der Waals surface area contributed by atoms with Crippen LogP contribution in [0.5, 0.6) is 0 Å². The Bertz CT molecular complexity index is 654. The Labute approximate surface area is 123 Å². The number of aromatic nitrogens is 2. The van der Waals surface area contributed by atoms with Crippen molar-refractivity contribution < 1.29 is 9.18 Å². The summed E-state index contributed by atoms with van der Waals surface area (Å²) in [6.07, 6.45) is 2.20. The van der Waals surface area contributed by atoms with Crippen LogP contribution in [0.15, 0.2) is 22.8 Å². The molecule has 0 bridgehead atoms. The van der Waals surface area contributed by atoms with Gasteiger partial charge in [0.15, 0.2) is 11.6 Å². The SMILES string of the molecule is CCc1nn(C)cc1C(=O)c1ccc(Br)c(Cl)c1F. The van der Waals surface area contributed by atoms with E-state index in [-0.39, 0.29) is 10.6 Å². The Balaban J connectivity index is 2.53. The van der Waals surface area contributed by atoms with Crippen molar-refractivity contribution in [1.29, 1.82) is 0 Å². The highest BCUT2D eigenvalue weighted by Crippen LogP contribution is 2.29. The van der Waals surface area contributed by atoms with Crippen molar-refractivity contribution >= 4 is 33.3 Å². The molecule has 100 valence electrons. The number of halogens is 3. The first-order valence-electron chi connectivity index (χ1n) is 5.66. The molecular formula is C13H11BrClFN2O. The Hall–Kier alpha value is -1.20. The van der Waals surface area contributed by atoms with Crippen LogP contribution in [0.2, 0.25) is 5.02 Å². The van der Waals surface area contributed by atoms with E-state index in [9.17, 15) is 9.18 Å². The minimum absolute atomic E-state index is 0.0455. The molecule has 0 fully saturated rings. The van der Waals surface area contributed by atoms with Crippen molar-refractivity contribution in [2.24, 2.45) is 7.05 Å². The summed E-state index contributed by atoms with van der Waals surface area (Å²) in [5.41, 5.74) is 1.00. The monoisotopic (exact) mass is 344 g/mol. The molecule has 0 N–H and O–H groups in total. The highest BCUT2D eigenvalue weighted by molar-refractivity contribution is 9.10. The zero-order chi connectivity index (χ0) is 14.2. The third-order valence-electron chi connectivity index (χ3n) is 2.76. The van der Waals surface area contributed by atoms with Gasteiger partial charge in [0, 0.05) is 17.7 Å². The van der Waals surface area contributed by atoms with E-state index in [1.807, 2.05) is 6.92 Å². The summed E-state index contributed by atoms with van der Waals surface area (Å²) in [7, 11) is 1.72. The molecule has 1 aromatic carbocycles. The molecule has 0 radical (unpaired) electrons. The van der Waals surface area contributed by atoms with Gasteiger partial charge in [-0.2, -0.15) is 5.10 Å².